The molecule has 4 nitrogen and oxygen atoms in total. The third-order valence-corrected chi connectivity index (χ3v) is 4.05. The summed E-state index contributed by atoms with van der Waals surface area (Å²) < 4.78 is 4.68. The van der Waals surface area contributed by atoms with E-state index >= 15 is 0 Å². The maximum absolute atomic E-state index is 11.8. The van der Waals surface area contributed by atoms with E-state index in [0.717, 1.165) is 0 Å². The molecule has 0 atom stereocenters. The molecule has 0 saturated carbocycles. The summed E-state index contributed by atoms with van der Waals surface area (Å²) in [5, 5.41) is 3.48. The van der Waals surface area contributed by atoms with E-state index < -0.39 is 5.97 Å². The zero-order chi connectivity index (χ0) is 17.4. The summed E-state index contributed by atoms with van der Waals surface area (Å²) in [6, 6.07) is 4.73. The molecule has 126 valence electrons. The van der Waals surface area contributed by atoms with Crippen molar-refractivity contribution in [1.29, 1.82) is 0 Å². The monoisotopic (exact) mass is 417 g/mol. The van der Waals surface area contributed by atoms with E-state index in [4.69, 9.17) is 62.7 Å². The molecule has 0 aliphatic heterocycles. The molecule has 0 radical (unpaired) electrons. The molecule has 0 saturated heterocycles. The Morgan fingerprint density at radius 2 is 1.78 bits per heavy atom. The zero-order valence-corrected chi connectivity index (χ0v) is 15.5. The van der Waals surface area contributed by atoms with E-state index in [-0.39, 0.29) is 34.9 Å². The Hall–Kier alpha value is -0.650. The molecule has 0 aliphatic rings. The molecule has 0 spiro atoms. The molecule has 0 unspecified atom stereocenters. The Labute approximate surface area is 158 Å². The second-order valence-corrected chi connectivity index (χ2v) is 6.60. The number of carbonyl (C=O) groups is 2. The Morgan fingerprint density at radius 3 is 2.39 bits per heavy atom. The van der Waals surface area contributed by atoms with Gasteiger partial charge in [-0.1, -0.05) is 58.0 Å². The first-order chi connectivity index (χ1) is 10.8. The van der Waals surface area contributed by atoms with Crippen LogP contribution in [-0.4, -0.2) is 18.5 Å². The van der Waals surface area contributed by atoms with Gasteiger partial charge in [0.15, 0.2) is 0 Å². The number of esters is 1. The van der Waals surface area contributed by atoms with Crippen LogP contribution in [0.3, 0.4) is 0 Å². The first-order valence-electron chi connectivity index (χ1n) is 6.39. The fourth-order valence-electron chi connectivity index (χ4n) is 1.47. The van der Waals surface area contributed by atoms with E-state index in [1.807, 2.05) is 0 Å². The van der Waals surface area contributed by atoms with Crippen LogP contribution in [0.1, 0.15) is 19.3 Å². The minimum Gasteiger partial charge on any atom is -0.460 e. The number of ether oxygens (including phenoxy) is 1. The van der Waals surface area contributed by atoms with E-state index in [1.54, 1.807) is 12.1 Å². The van der Waals surface area contributed by atoms with Crippen molar-refractivity contribution < 1.29 is 14.3 Å². The zero-order valence-electron chi connectivity index (χ0n) is 11.7. The molecule has 1 aromatic carbocycles. The quantitative estimate of drug-likeness (QED) is 0.591. The summed E-state index contributed by atoms with van der Waals surface area (Å²) in [7, 11) is 0. The van der Waals surface area contributed by atoms with Gasteiger partial charge >= 0.3 is 5.97 Å². The van der Waals surface area contributed by atoms with Gasteiger partial charge in [0, 0.05) is 17.9 Å². The summed E-state index contributed by atoms with van der Waals surface area (Å²) >= 11 is 28.1. The van der Waals surface area contributed by atoms with Crippen molar-refractivity contribution in [2.45, 2.75) is 19.3 Å². The van der Waals surface area contributed by atoms with Gasteiger partial charge in [-0.15, -0.1) is 0 Å². The van der Waals surface area contributed by atoms with Crippen LogP contribution in [0.2, 0.25) is 10.0 Å². The van der Waals surface area contributed by atoms with Crippen molar-refractivity contribution in [3.05, 3.63) is 37.8 Å². The number of halogens is 5. The number of nitrogens with one attached hydrogen (secondary N) is 1. The molecule has 0 bridgehead atoms. The predicted octanol–water partition coefficient (Wildman–Crippen LogP) is 5.53. The van der Waals surface area contributed by atoms with E-state index in [0.29, 0.717) is 22.2 Å². The summed E-state index contributed by atoms with van der Waals surface area (Å²) in [6.45, 7) is -0.199. The van der Waals surface area contributed by atoms with Gasteiger partial charge in [-0.3, -0.25) is 9.59 Å². The van der Waals surface area contributed by atoms with Gasteiger partial charge in [0.05, 0.1) is 15.7 Å². The highest BCUT2D eigenvalue weighted by molar-refractivity contribution is 6.59. The van der Waals surface area contributed by atoms with E-state index in [2.05, 4.69) is 5.32 Å². The van der Waals surface area contributed by atoms with Crippen LogP contribution in [0.5, 0.6) is 0 Å². The van der Waals surface area contributed by atoms with Gasteiger partial charge in [-0.25, -0.2) is 0 Å². The van der Waals surface area contributed by atoms with Crippen LogP contribution in [0.4, 0.5) is 5.69 Å². The van der Waals surface area contributed by atoms with Crippen LogP contribution in [0.25, 0.3) is 0 Å². The van der Waals surface area contributed by atoms with Crippen LogP contribution in [0, 0.1) is 0 Å². The number of hydrogen-bond acceptors (Lipinski definition) is 3. The van der Waals surface area contributed by atoms with E-state index in [1.165, 1.54) is 6.07 Å². The van der Waals surface area contributed by atoms with Gasteiger partial charge in [-0.05, 0) is 24.6 Å². The first-order valence-corrected chi connectivity index (χ1v) is 8.28. The molecule has 23 heavy (non-hydrogen) atoms. The fraction of sp³-hybridized carbons (Fsp3) is 0.286. The molecule has 0 aromatic heterocycles. The van der Waals surface area contributed by atoms with Crippen molar-refractivity contribution in [2.75, 3.05) is 11.9 Å². The van der Waals surface area contributed by atoms with Crippen LogP contribution in [-0.2, 0) is 14.3 Å². The highest BCUT2D eigenvalue weighted by Crippen LogP contribution is 2.25. The summed E-state index contributed by atoms with van der Waals surface area (Å²) in [5.41, 5.74) is 0.456. The molecule has 1 N–H and O–H groups in total. The second kappa shape index (κ2) is 10.3. The molecule has 0 fully saturated rings. The van der Waals surface area contributed by atoms with Gasteiger partial charge in [0.2, 0.25) is 5.91 Å². The topological polar surface area (TPSA) is 55.4 Å². The van der Waals surface area contributed by atoms with Crippen LogP contribution >= 0.6 is 58.0 Å². The normalized spacial score (nSPS) is 10.1. The minimum atomic E-state index is -0.505. The Morgan fingerprint density at radius 1 is 1.09 bits per heavy atom. The van der Waals surface area contributed by atoms with Crippen molar-refractivity contribution >= 4 is 75.6 Å². The minimum absolute atomic E-state index is 0.0387. The molecule has 9 heteroatoms. The maximum Gasteiger partial charge on any atom is 0.306 e. The first kappa shape index (κ1) is 20.4. The van der Waals surface area contributed by atoms with Gasteiger partial charge in [0.25, 0.3) is 0 Å². The smallest absolute Gasteiger partial charge is 0.306 e. The third kappa shape index (κ3) is 8.13. The van der Waals surface area contributed by atoms with Crippen molar-refractivity contribution in [2.24, 2.45) is 0 Å². The van der Waals surface area contributed by atoms with E-state index in [9.17, 15) is 9.59 Å². The lowest BCUT2D eigenvalue weighted by atomic mass is 10.2. The second-order valence-electron chi connectivity index (χ2n) is 4.35. The van der Waals surface area contributed by atoms with Crippen molar-refractivity contribution in [1.82, 2.24) is 0 Å². The number of benzene rings is 1. The van der Waals surface area contributed by atoms with Crippen molar-refractivity contribution in [3.63, 3.8) is 0 Å². The Kier molecular flexibility index (Phi) is 9.10. The number of carbonyl (C=O) groups excluding carboxylic acids is 2. The summed E-state index contributed by atoms with van der Waals surface area (Å²) in [5.74, 6) is -0.779. The predicted molar refractivity (Wildman–Crippen MR) is 94.5 cm³/mol. The lowest BCUT2D eigenvalue weighted by Gasteiger charge is -2.07. The number of rotatable bonds is 7. The van der Waals surface area contributed by atoms with Gasteiger partial charge < -0.3 is 10.1 Å². The number of amides is 1. The number of hydrogen-bond donors (Lipinski definition) is 1. The summed E-state index contributed by atoms with van der Waals surface area (Å²) in [6.07, 6.45) is 0.506. The van der Waals surface area contributed by atoms with Gasteiger partial charge in [-0.2, -0.15) is 0 Å². The standard InChI is InChI=1S/C14H12Cl5NO3/c15-8-4-5-11(9(16)6-8)20-12(21)2-1-3-13(22)23-7-10(17)14(18)19/h4-6H,1-3,7H2,(H,20,21). The SMILES string of the molecule is O=C(CCCC(=O)OCC(Cl)=C(Cl)Cl)Nc1ccc(Cl)cc1Cl. The Balaban J connectivity index is 2.31. The lowest BCUT2D eigenvalue weighted by molar-refractivity contribution is -0.142. The average molecular weight is 420 g/mol. The van der Waals surface area contributed by atoms with Gasteiger partial charge in [0.1, 0.15) is 11.1 Å². The largest absolute Gasteiger partial charge is 0.460 e. The maximum atomic E-state index is 11.8. The third-order valence-electron chi connectivity index (χ3n) is 2.55. The highest BCUT2D eigenvalue weighted by Gasteiger charge is 2.10. The van der Waals surface area contributed by atoms with Crippen molar-refractivity contribution in [3.8, 4) is 0 Å². The molecule has 0 heterocycles. The van der Waals surface area contributed by atoms with Crippen LogP contribution < -0.4 is 5.32 Å². The Bertz CT molecular complexity index is 614. The highest BCUT2D eigenvalue weighted by atomic mass is 35.5. The molecule has 0 aliphatic carbocycles. The fourth-order valence-corrected chi connectivity index (χ4v) is 2.09. The molecule has 1 aromatic rings. The molecule has 1 rings (SSSR count). The molecular formula is C14H12Cl5NO3. The lowest BCUT2D eigenvalue weighted by Crippen LogP contribution is -2.13. The van der Waals surface area contributed by atoms with Crippen LogP contribution in [0.15, 0.2) is 27.7 Å². The molecule has 1 amide bonds. The molecular weight excluding hydrogens is 407 g/mol. The summed E-state index contributed by atoms with van der Waals surface area (Å²) in [4.78, 5) is 23.2. The number of anilines is 1. The average Bonchev–Trinajstić information content (AvgIpc) is 2.47.